The molecule has 2 aromatic rings. The highest BCUT2D eigenvalue weighted by Gasteiger charge is 2.29. The zero-order valence-corrected chi connectivity index (χ0v) is 21.7. The van der Waals surface area contributed by atoms with Crippen molar-refractivity contribution in [2.24, 2.45) is 0 Å². The molecular weight excluding hydrogens is 472 g/mol. The van der Waals surface area contributed by atoms with Gasteiger partial charge < -0.3 is 14.8 Å². The van der Waals surface area contributed by atoms with Gasteiger partial charge in [-0.15, -0.1) is 0 Å². The number of amides is 1. The van der Waals surface area contributed by atoms with Crippen LogP contribution in [-0.4, -0.2) is 52.6 Å². The smallest absolute Gasteiger partial charge is 0.264 e. The predicted molar refractivity (Wildman–Crippen MR) is 138 cm³/mol. The Hall–Kier alpha value is -2.39. The third kappa shape index (κ3) is 6.82. The van der Waals surface area contributed by atoms with Crippen molar-refractivity contribution in [2.45, 2.75) is 49.2 Å². The van der Waals surface area contributed by atoms with Crippen molar-refractivity contribution in [2.75, 3.05) is 37.4 Å². The Morgan fingerprint density at radius 2 is 1.76 bits per heavy atom. The molecule has 0 spiro atoms. The van der Waals surface area contributed by atoms with Crippen LogP contribution in [0.4, 0.5) is 5.69 Å². The molecule has 186 valence electrons. The Morgan fingerprint density at radius 3 is 2.41 bits per heavy atom. The molecule has 9 heteroatoms. The van der Waals surface area contributed by atoms with Crippen LogP contribution in [0.1, 0.15) is 37.7 Å². The zero-order chi connectivity index (χ0) is 24.6. The lowest BCUT2D eigenvalue weighted by atomic mass is 10.0. The summed E-state index contributed by atoms with van der Waals surface area (Å²) in [5, 5.41) is 3.54. The molecule has 3 rings (SSSR count). The van der Waals surface area contributed by atoms with Crippen LogP contribution in [0.25, 0.3) is 0 Å². The predicted octanol–water partition coefficient (Wildman–Crippen LogP) is 4.39. The molecule has 0 saturated heterocycles. The third-order valence-electron chi connectivity index (χ3n) is 5.88. The molecule has 0 unspecified atom stereocenters. The summed E-state index contributed by atoms with van der Waals surface area (Å²) >= 11 is 1.89. The van der Waals surface area contributed by atoms with Gasteiger partial charge in [0.1, 0.15) is 18.0 Å². The summed E-state index contributed by atoms with van der Waals surface area (Å²) in [6.07, 6.45) is 6.34. The van der Waals surface area contributed by atoms with Crippen molar-refractivity contribution in [3.8, 4) is 11.5 Å². The fourth-order valence-electron chi connectivity index (χ4n) is 3.96. The fraction of sp³-hybridized carbons (Fsp3) is 0.480. The molecule has 0 radical (unpaired) electrons. The monoisotopic (exact) mass is 506 g/mol. The van der Waals surface area contributed by atoms with E-state index in [0.717, 1.165) is 15.6 Å². The van der Waals surface area contributed by atoms with Gasteiger partial charge in [-0.1, -0.05) is 37.0 Å². The first-order chi connectivity index (χ1) is 16.3. The number of anilines is 1. The molecule has 1 amide bonds. The molecule has 0 heterocycles. The summed E-state index contributed by atoms with van der Waals surface area (Å²) in [5.74, 6) is 1.28. The lowest BCUT2D eigenvalue weighted by molar-refractivity contribution is -0.119. The SMILES string of the molecule is COc1ccc(N(CC(=O)NCCSC2CCCCC2)S(=O)(=O)c2ccc(C)cc2)c(OC)c1. The van der Waals surface area contributed by atoms with Crippen molar-refractivity contribution in [3.63, 3.8) is 0 Å². The number of benzene rings is 2. The van der Waals surface area contributed by atoms with E-state index in [0.29, 0.717) is 23.3 Å². The largest absolute Gasteiger partial charge is 0.497 e. The maximum Gasteiger partial charge on any atom is 0.264 e. The van der Waals surface area contributed by atoms with Crippen molar-refractivity contribution >= 4 is 33.4 Å². The van der Waals surface area contributed by atoms with E-state index in [-0.39, 0.29) is 23.0 Å². The number of sulfonamides is 1. The average molecular weight is 507 g/mol. The molecular formula is C25H34N2O5S2. The Bertz CT molecular complexity index is 1050. The number of methoxy groups -OCH3 is 2. The fourth-order valence-corrected chi connectivity index (χ4v) is 6.61. The van der Waals surface area contributed by atoms with Crippen LogP contribution in [0.3, 0.4) is 0 Å². The summed E-state index contributed by atoms with van der Waals surface area (Å²) < 4.78 is 39.0. The summed E-state index contributed by atoms with van der Waals surface area (Å²) in [5.41, 5.74) is 1.22. The van der Waals surface area contributed by atoms with E-state index in [4.69, 9.17) is 9.47 Å². The number of hydrogen-bond acceptors (Lipinski definition) is 6. The Morgan fingerprint density at radius 1 is 1.06 bits per heavy atom. The highest BCUT2D eigenvalue weighted by Crippen LogP contribution is 2.35. The number of carbonyl (C=O) groups excluding carboxylic acids is 1. The molecule has 1 N–H and O–H groups in total. The van der Waals surface area contributed by atoms with E-state index >= 15 is 0 Å². The Labute approximate surface area is 207 Å². The summed E-state index contributed by atoms with van der Waals surface area (Å²) in [6, 6.07) is 11.4. The first-order valence-electron chi connectivity index (χ1n) is 11.5. The molecule has 2 aromatic carbocycles. The number of carbonyl (C=O) groups is 1. The minimum absolute atomic E-state index is 0.108. The average Bonchev–Trinajstić information content (AvgIpc) is 2.85. The van der Waals surface area contributed by atoms with Gasteiger partial charge in [0.2, 0.25) is 5.91 Å². The summed E-state index contributed by atoms with van der Waals surface area (Å²) in [6.45, 7) is 2.03. The minimum atomic E-state index is -4.02. The molecule has 1 aliphatic carbocycles. The van der Waals surface area contributed by atoms with Crippen LogP contribution >= 0.6 is 11.8 Å². The standard InChI is InChI=1S/C25H34N2O5S2/c1-19-9-12-22(13-10-19)34(29,30)27(23-14-11-20(31-2)17-24(23)32-3)18-25(28)26-15-16-33-21-7-5-4-6-8-21/h9-14,17,21H,4-8,15-16,18H2,1-3H3,(H,26,28). The Kier molecular flexibility index (Phi) is 9.53. The second-order valence-electron chi connectivity index (χ2n) is 8.34. The van der Waals surface area contributed by atoms with Gasteiger partial charge in [0.15, 0.2) is 0 Å². The zero-order valence-electron chi connectivity index (χ0n) is 20.1. The van der Waals surface area contributed by atoms with E-state index in [2.05, 4.69) is 5.32 Å². The van der Waals surface area contributed by atoms with Gasteiger partial charge in [0.25, 0.3) is 10.0 Å². The number of hydrogen-bond donors (Lipinski definition) is 1. The number of nitrogens with one attached hydrogen (secondary N) is 1. The normalized spacial score (nSPS) is 14.4. The highest BCUT2D eigenvalue weighted by molar-refractivity contribution is 7.99. The maximum absolute atomic E-state index is 13.6. The van der Waals surface area contributed by atoms with E-state index in [1.165, 1.54) is 46.3 Å². The number of nitrogens with zero attached hydrogens (tertiary/aromatic N) is 1. The molecule has 0 aromatic heterocycles. The molecule has 7 nitrogen and oxygen atoms in total. The molecule has 0 aliphatic heterocycles. The van der Waals surface area contributed by atoms with Gasteiger partial charge in [-0.2, -0.15) is 11.8 Å². The van der Waals surface area contributed by atoms with Crippen LogP contribution in [0.2, 0.25) is 0 Å². The van der Waals surface area contributed by atoms with Crippen LogP contribution in [0.5, 0.6) is 11.5 Å². The van der Waals surface area contributed by atoms with Crippen LogP contribution in [-0.2, 0) is 14.8 Å². The van der Waals surface area contributed by atoms with Crippen LogP contribution in [0, 0.1) is 6.92 Å². The quantitative estimate of drug-likeness (QED) is 0.455. The second kappa shape index (κ2) is 12.4. The summed E-state index contributed by atoms with van der Waals surface area (Å²) in [7, 11) is -1.04. The molecule has 1 saturated carbocycles. The number of thioether (sulfide) groups is 1. The van der Waals surface area contributed by atoms with Crippen LogP contribution < -0.4 is 19.1 Å². The van der Waals surface area contributed by atoms with E-state index in [1.807, 2.05) is 18.7 Å². The van der Waals surface area contributed by atoms with Crippen molar-refractivity contribution in [1.29, 1.82) is 0 Å². The van der Waals surface area contributed by atoms with Crippen LogP contribution in [0.15, 0.2) is 47.4 Å². The maximum atomic E-state index is 13.6. The second-order valence-corrected chi connectivity index (χ2v) is 11.6. The van der Waals surface area contributed by atoms with Gasteiger partial charge in [0, 0.05) is 23.6 Å². The topological polar surface area (TPSA) is 84.9 Å². The number of rotatable bonds is 11. The van der Waals surface area contributed by atoms with Gasteiger partial charge in [-0.25, -0.2) is 8.42 Å². The van der Waals surface area contributed by atoms with Crippen molar-refractivity contribution < 1.29 is 22.7 Å². The van der Waals surface area contributed by atoms with E-state index in [1.54, 1.807) is 42.5 Å². The summed E-state index contributed by atoms with van der Waals surface area (Å²) in [4.78, 5) is 12.9. The van der Waals surface area contributed by atoms with Crippen molar-refractivity contribution in [3.05, 3.63) is 48.0 Å². The Balaban J connectivity index is 1.78. The van der Waals surface area contributed by atoms with Gasteiger partial charge in [-0.3, -0.25) is 9.10 Å². The lowest BCUT2D eigenvalue weighted by Crippen LogP contribution is -2.41. The molecule has 0 atom stereocenters. The molecule has 0 bridgehead atoms. The van der Waals surface area contributed by atoms with E-state index < -0.39 is 10.0 Å². The minimum Gasteiger partial charge on any atom is -0.497 e. The van der Waals surface area contributed by atoms with E-state index in [9.17, 15) is 13.2 Å². The van der Waals surface area contributed by atoms with Gasteiger partial charge in [0.05, 0.1) is 24.8 Å². The molecule has 1 fully saturated rings. The lowest BCUT2D eigenvalue weighted by Gasteiger charge is -2.26. The number of ether oxygens (including phenoxy) is 2. The van der Waals surface area contributed by atoms with Gasteiger partial charge >= 0.3 is 0 Å². The first-order valence-corrected chi connectivity index (χ1v) is 14.0. The molecule has 34 heavy (non-hydrogen) atoms. The molecule has 1 aliphatic rings. The van der Waals surface area contributed by atoms with Gasteiger partial charge in [-0.05, 0) is 44.0 Å². The highest BCUT2D eigenvalue weighted by atomic mass is 32.2. The van der Waals surface area contributed by atoms with Crippen molar-refractivity contribution in [1.82, 2.24) is 5.32 Å². The first kappa shape index (κ1) is 26.2. The number of aryl methyl sites for hydroxylation is 1. The third-order valence-corrected chi connectivity index (χ3v) is 9.04.